The molecule has 280 valence electrons. The van der Waals surface area contributed by atoms with Gasteiger partial charge in [-0.3, -0.25) is 19.2 Å². The maximum Gasteiger partial charge on any atom is 0.315 e. The number of hydrogen-bond donors (Lipinski definition) is 4. The molecule has 14 heteroatoms. The predicted molar refractivity (Wildman–Crippen MR) is 187 cm³/mol. The van der Waals surface area contributed by atoms with Gasteiger partial charge in [-0.05, 0) is 74.0 Å². The van der Waals surface area contributed by atoms with Crippen LogP contribution >= 0.6 is 0 Å². The summed E-state index contributed by atoms with van der Waals surface area (Å²) in [6.07, 6.45) is 8.46. The molecule has 0 aromatic heterocycles. The zero-order valence-electron chi connectivity index (χ0n) is 30.7. The number of Topliss-reactive ketones (excluding diaryl/α,β-unsaturated/α-hetero) is 1. The first kappa shape index (κ1) is 37.0. The topological polar surface area (TPSA) is 174 Å². The van der Waals surface area contributed by atoms with Gasteiger partial charge in [-0.1, -0.05) is 67.2 Å². The largest absolute Gasteiger partial charge is 0.347 e. The van der Waals surface area contributed by atoms with Crippen LogP contribution in [0.1, 0.15) is 119 Å². The van der Waals surface area contributed by atoms with Gasteiger partial charge in [-0.15, -0.1) is 0 Å². The third-order valence-electron chi connectivity index (χ3n) is 12.5. The summed E-state index contributed by atoms with van der Waals surface area (Å²) in [5.41, 5.74) is -1.87. The summed E-state index contributed by atoms with van der Waals surface area (Å²) < 4.78 is 29.2. The highest BCUT2D eigenvalue weighted by Crippen LogP contribution is 2.65. The van der Waals surface area contributed by atoms with Crippen LogP contribution in [0, 0.1) is 22.7 Å². The van der Waals surface area contributed by atoms with Crippen LogP contribution in [0.4, 0.5) is 4.79 Å². The summed E-state index contributed by atoms with van der Waals surface area (Å²) in [6, 6.07) is -3.38. The Morgan fingerprint density at radius 2 is 1.58 bits per heavy atom. The number of amides is 5. The standard InChI is InChI=1S/C36H58N6O7S/c1-7-11-24(28(43)31(45)37-21-12-13-21)38-30(44)27-26-23(35(26,5)6)20-41(27)32(46)29(34(2,3)4)39-33(47)40-36(17-9-8-10-18-36)25-16-19-42(22-14-15-22)50(25,48)49/h21-27,29H,7-20H2,1-6H3,(H,37,45)(H,38,44)(H2,39,40,47)/t23-,24-,25-,26-,27-,29+/m0/s1. The van der Waals surface area contributed by atoms with Crippen LogP contribution in [-0.4, -0.2) is 101 Å². The minimum Gasteiger partial charge on any atom is -0.347 e. The number of nitrogens with zero attached hydrogens (tertiary/aromatic N) is 2. The lowest BCUT2D eigenvalue weighted by Gasteiger charge is -2.43. The van der Waals surface area contributed by atoms with Crippen LogP contribution in [0.5, 0.6) is 0 Å². The maximum atomic E-state index is 14.5. The molecule has 2 saturated heterocycles. The van der Waals surface area contributed by atoms with Crippen LogP contribution in [0.3, 0.4) is 0 Å². The van der Waals surface area contributed by atoms with Gasteiger partial charge in [0.05, 0.1) is 16.8 Å². The Kier molecular flexibility index (Phi) is 9.89. The van der Waals surface area contributed by atoms with Crippen molar-refractivity contribution in [3.05, 3.63) is 0 Å². The number of piperidine rings is 1. The number of carbonyl (C=O) groups excluding carboxylic acids is 5. The summed E-state index contributed by atoms with van der Waals surface area (Å²) >= 11 is 0. The lowest BCUT2D eigenvalue weighted by Crippen LogP contribution is -2.65. The van der Waals surface area contributed by atoms with Crippen LogP contribution < -0.4 is 21.3 Å². The highest BCUT2D eigenvalue weighted by atomic mass is 32.2. The number of ketones is 1. The Balaban J connectivity index is 1.19. The average Bonchev–Trinajstić information content (AvgIpc) is 4.00. The molecule has 4 aliphatic carbocycles. The molecule has 6 atom stereocenters. The van der Waals surface area contributed by atoms with Crippen LogP contribution in [-0.2, 0) is 29.2 Å². The summed E-state index contributed by atoms with van der Waals surface area (Å²) in [6.45, 7) is 12.4. The van der Waals surface area contributed by atoms with Gasteiger partial charge >= 0.3 is 6.03 Å². The molecular formula is C36H58N6O7S. The zero-order valence-corrected chi connectivity index (χ0v) is 31.5. The summed E-state index contributed by atoms with van der Waals surface area (Å²) in [5, 5.41) is 10.9. The lowest BCUT2D eigenvalue weighted by atomic mass is 9.78. The molecular weight excluding hydrogens is 660 g/mol. The molecule has 4 N–H and O–H groups in total. The molecule has 0 unspecified atom stereocenters. The Hall–Kier alpha value is -2.74. The molecule has 0 bridgehead atoms. The Bertz CT molecular complexity index is 1490. The van der Waals surface area contributed by atoms with E-state index in [1.165, 1.54) is 0 Å². The fourth-order valence-corrected chi connectivity index (χ4v) is 11.8. The highest BCUT2D eigenvalue weighted by molar-refractivity contribution is 7.90. The molecule has 2 heterocycles. The zero-order chi connectivity index (χ0) is 36.4. The van der Waals surface area contributed by atoms with Gasteiger partial charge in [0, 0.05) is 25.2 Å². The maximum absolute atomic E-state index is 14.5. The number of nitrogens with one attached hydrogen (secondary N) is 4. The molecule has 6 aliphatic rings. The molecule has 50 heavy (non-hydrogen) atoms. The van der Waals surface area contributed by atoms with Crippen molar-refractivity contribution in [3.8, 4) is 0 Å². The highest BCUT2D eigenvalue weighted by Gasteiger charge is 2.70. The first-order chi connectivity index (χ1) is 23.4. The Morgan fingerprint density at radius 1 is 0.920 bits per heavy atom. The molecule has 0 aromatic carbocycles. The quantitative estimate of drug-likeness (QED) is 0.225. The second-order valence-electron chi connectivity index (χ2n) is 17.6. The van der Waals surface area contributed by atoms with E-state index in [0.717, 1.165) is 44.9 Å². The van der Waals surface area contributed by atoms with Gasteiger partial charge in [0.15, 0.2) is 0 Å². The lowest BCUT2D eigenvalue weighted by molar-refractivity contribution is -0.145. The van der Waals surface area contributed by atoms with Crippen molar-refractivity contribution in [2.24, 2.45) is 22.7 Å². The van der Waals surface area contributed by atoms with E-state index in [1.54, 1.807) is 9.21 Å². The Labute approximate surface area is 297 Å². The van der Waals surface area contributed by atoms with Gasteiger partial charge in [-0.2, -0.15) is 4.31 Å². The number of hydrogen-bond acceptors (Lipinski definition) is 7. The SMILES string of the molecule is CCC[C@H](NC(=O)[C@@H]1[C@@H]2[C@H](CN1C(=O)[C@@H](NC(=O)NC1([C@@H]3CCN(C4CC4)S3(=O)=O)CCCCC1)C(C)(C)C)C2(C)C)C(=O)C(=O)NC1CC1. The molecule has 0 spiro atoms. The van der Waals surface area contributed by atoms with E-state index in [1.807, 2.05) is 27.7 Å². The van der Waals surface area contributed by atoms with E-state index in [0.29, 0.717) is 45.2 Å². The van der Waals surface area contributed by atoms with E-state index in [-0.39, 0.29) is 29.3 Å². The van der Waals surface area contributed by atoms with Crippen molar-refractivity contribution in [1.82, 2.24) is 30.5 Å². The molecule has 6 fully saturated rings. The van der Waals surface area contributed by atoms with Crippen molar-refractivity contribution >= 4 is 39.6 Å². The van der Waals surface area contributed by atoms with Crippen molar-refractivity contribution < 1.29 is 32.4 Å². The van der Waals surface area contributed by atoms with E-state index in [2.05, 4.69) is 35.1 Å². The normalized spacial score (nSPS) is 30.8. The van der Waals surface area contributed by atoms with Gasteiger partial charge in [0.2, 0.25) is 27.6 Å². The molecule has 2 aliphatic heterocycles. The number of rotatable bonds is 12. The number of carbonyl (C=O) groups is 5. The molecule has 13 nitrogen and oxygen atoms in total. The van der Waals surface area contributed by atoms with Gasteiger partial charge < -0.3 is 26.2 Å². The molecule has 6 rings (SSSR count). The van der Waals surface area contributed by atoms with E-state index >= 15 is 0 Å². The third kappa shape index (κ3) is 7.04. The van der Waals surface area contributed by atoms with Crippen LogP contribution in [0.2, 0.25) is 0 Å². The van der Waals surface area contributed by atoms with E-state index < -0.39 is 73.9 Å². The number of likely N-dealkylation sites (tertiary alicyclic amines) is 1. The number of urea groups is 1. The predicted octanol–water partition coefficient (Wildman–Crippen LogP) is 2.59. The van der Waals surface area contributed by atoms with Gasteiger partial charge in [-0.25, -0.2) is 13.2 Å². The van der Waals surface area contributed by atoms with Crippen molar-refractivity contribution in [2.75, 3.05) is 13.1 Å². The fourth-order valence-electron chi connectivity index (χ4n) is 9.19. The first-order valence-electron chi connectivity index (χ1n) is 19.0. The second-order valence-corrected chi connectivity index (χ2v) is 19.7. The fraction of sp³-hybridized carbons (Fsp3) is 0.861. The molecule has 0 aromatic rings. The monoisotopic (exact) mass is 718 g/mol. The van der Waals surface area contributed by atoms with E-state index in [4.69, 9.17) is 0 Å². The Morgan fingerprint density at radius 3 is 2.16 bits per heavy atom. The summed E-state index contributed by atoms with van der Waals surface area (Å²) in [7, 11) is -3.59. The molecule has 5 amide bonds. The van der Waals surface area contributed by atoms with Crippen molar-refractivity contribution in [2.45, 2.75) is 160 Å². The van der Waals surface area contributed by atoms with Crippen molar-refractivity contribution in [1.29, 1.82) is 0 Å². The van der Waals surface area contributed by atoms with Crippen LogP contribution in [0.25, 0.3) is 0 Å². The first-order valence-corrected chi connectivity index (χ1v) is 20.5. The van der Waals surface area contributed by atoms with Crippen LogP contribution in [0.15, 0.2) is 0 Å². The second kappa shape index (κ2) is 13.3. The van der Waals surface area contributed by atoms with E-state index in [9.17, 15) is 32.4 Å². The summed E-state index contributed by atoms with van der Waals surface area (Å²) in [4.78, 5) is 69.9. The van der Waals surface area contributed by atoms with Gasteiger partial charge in [0.1, 0.15) is 12.1 Å². The third-order valence-corrected chi connectivity index (χ3v) is 15.0. The average molecular weight is 719 g/mol. The number of fused-ring (bicyclic) bond motifs is 1. The van der Waals surface area contributed by atoms with Crippen molar-refractivity contribution in [3.63, 3.8) is 0 Å². The number of sulfonamides is 1. The minimum atomic E-state index is -3.59. The van der Waals surface area contributed by atoms with Gasteiger partial charge in [0.25, 0.3) is 5.91 Å². The molecule has 0 radical (unpaired) electrons. The summed E-state index contributed by atoms with van der Waals surface area (Å²) in [5.74, 6) is -2.30. The molecule has 4 saturated carbocycles. The smallest absolute Gasteiger partial charge is 0.315 e. The minimum absolute atomic E-state index is 0.00687.